The highest BCUT2D eigenvalue weighted by molar-refractivity contribution is 7.71. The van der Waals surface area contributed by atoms with Gasteiger partial charge in [-0.25, -0.2) is 0 Å². The number of aromatic hydroxyl groups is 1. The number of hydrogen-bond acceptors (Lipinski definition) is 2. The zero-order chi connectivity index (χ0) is 13.3. The fraction of sp³-hybridized carbons (Fsp3) is 0.357. The highest BCUT2D eigenvalue weighted by atomic mass is 32.1. The first-order chi connectivity index (χ1) is 8.58. The van der Waals surface area contributed by atoms with Gasteiger partial charge < -0.3 is 9.67 Å². The van der Waals surface area contributed by atoms with Crippen molar-refractivity contribution in [3.63, 3.8) is 0 Å². The van der Waals surface area contributed by atoms with Crippen LogP contribution in [-0.2, 0) is 13.0 Å². The molecule has 0 aliphatic carbocycles. The Morgan fingerprint density at radius 3 is 2.56 bits per heavy atom. The van der Waals surface area contributed by atoms with Crippen LogP contribution in [0.2, 0.25) is 0 Å². The third kappa shape index (κ3) is 2.08. The van der Waals surface area contributed by atoms with Gasteiger partial charge in [0.1, 0.15) is 0 Å². The van der Waals surface area contributed by atoms with Crippen molar-refractivity contribution < 1.29 is 5.11 Å². The van der Waals surface area contributed by atoms with Gasteiger partial charge in [-0.05, 0) is 44.1 Å². The van der Waals surface area contributed by atoms with Gasteiger partial charge in [-0.2, -0.15) is 0 Å². The maximum absolute atomic E-state index is 10.1. The molecule has 96 valence electrons. The van der Waals surface area contributed by atoms with Gasteiger partial charge in [0, 0.05) is 6.54 Å². The van der Waals surface area contributed by atoms with Crippen LogP contribution in [0.4, 0.5) is 0 Å². The molecule has 0 aliphatic rings. The molecule has 0 spiro atoms. The van der Waals surface area contributed by atoms with Crippen LogP contribution in [0.25, 0.3) is 5.69 Å². The predicted octanol–water partition coefficient (Wildman–Crippen LogP) is 3.60. The Bertz CT molecular complexity index is 625. The second-order valence-corrected chi connectivity index (χ2v) is 4.74. The number of rotatable bonds is 3. The second kappa shape index (κ2) is 4.98. The predicted molar refractivity (Wildman–Crippen MR) is 76.0 cm³/mol. The molecule has 0 amide bonds. The van der Waals surface area contributed by atoms with E-state index in [1.54, 1.807) is 10.8 Å². The van der Waals surface area contributed by atoms with E-state index in [0.717, 1.165) is 18.7 Å². The molecule has 1 aromatic heterocycles. The Morgan fingerprint density at radius 1 is 1.28 bits per heavy atom. The zero-order valence-corrected chi connectivity index (χ0v) is 11.8. The van der Waals surface area contributed by atoms with E-state index in [-0.39, 0.29) is 5.88 Å². The summed E-state index contributed by atoms with van der Waals surface area (Å²) >= 11 is 5.40. The van der Waals surface area contributed by atoms with E-state index < -0.39 is 0 Å². The molecule has 18 heavy (non-hydrogen) atoms. The van der Waals surface area contributed by atoms with E-state index in [1.807, 2.05) is 23.6 Å². The van der Waals surface area contributed by atoms with Gasteiger partial charge in [0.2, 0.25) is 5.88 Å². The Hall–Kier alpha value is -1.55. The van der Waals surface area contributed by atoms with Crippen LogP contribution in [0.5, 0.6) is 5.88 Å². The normalized spacial score (nSPS) is 10.8. The highest BCUT2D eigenvalue weighted by Gasteiger charge is 2.11. The van der Waals surface area contributed by atoms with E-state index in [4.69, 9.17) is 12.2 Å². The summed E-state index contributed by atoms with van der Waals surface area (Å²) in [6, 6.07) is 6.20. The van der Waals surface area contributed by atoms with Crippen molar-refractivity contribution in [2.75, 3.05) is 0 Å². The van der Waals surface area contributed by atoms with Crippen LogP contribution in [-0.4, -0.2) is 14.2 Å². The summed E-state index contributed by atoms with van der Waals surface area (Å²) in [5.74, 6) is 0.195. The average Bonchev–Trinajstić information content (AvgIpc) is 2.64. The molecule has 0 bridgehead atoms. The fourth-order valence-corrected chi connectivity index (χ4v) is 2.52. The molecule has 0 saturated heterocycles. The number of benzene rings is 1. The lowest BCUT2D eigenvalue weighted by Gasteiger charge is -2.11. The topological polar surface area (TPSA) is 30.1 Å². The molecule has 0 unspecified atom stereocenters. The third-order valence-corrected chi connectivity index (χ3v) is 3.55. The monoisotopic (exact) mass is 262 g/mol. The Labute approximate surface area is 112 Å². The number of aryl methyl sites for hydroxylation is 3. The van der Waals surface area contributed by atoms with Gasteiger partial charge in [-0.1, -0.05) is 24.6 Å². The molecule has 1 aromatic carbocycles. The number of hydrogen-bond donors (Lipinski definition) is 1. The van der Waals surface area contributed by atoms with E-state index in [2.05, 4.69) is 19.9 Å². The van der Waals surface area contributed by atoms with Crippen molar-refractivity contribution in [1.29, 1.82) is 0 Å². The smallest absolute Gasteiger partial charge is 0.214 e. The minimum absolute atomic E-state index is 0.195. The Morgan fingerprint density at radius 2 is 2.00 bits per heavy atom. The molecular formula is C14H18N2OS. The molecule has 0 atom stereocenters. The Balaban J connectivity index is 2.69. The van der Waals surface area contributed by atoms with Crippen LogP contribution >= 0.6 is 12.2 Å². The van der Waals surface area contributed by atoms with Gasteiger partial charge in [0.05, 0.1) is 11.9 Å². The number of nitrogens with zero attached hydrogens (tertiary/aromatic N) is 2. The lowest BCUT2D eigenvalue weighted by Crippen LogP contribution is -2.01. The van der Waals surface area contributed by atoms with E-state index in [1.165, 1.54) is 11.1 Å². The minimum atomic E-state index is 0.195. The van der Waals surface area contributed by atoms with Crippen molar-refractivity contribution in [2.24, 2.45) is 0 Å². The lowest BCUT2D eigenvalue weighted by atomic mass is 10.1. The van der Waals surface area contributed by atoms with Gasteiger partial charge in [0.25, 0.3) is 0 Å². The van der Waals surface area contributed by atoms with Gasteiger partial charge in [-0.15, -0.1) is 0 Å². The minimum Gasteiger partial charge on any atom is -0.493 e. The van der Waals surface area contributed by atoms with Crippen LogP contribution < -0.4 is 0 Å². The van der Waals surface area contributed by atoms with Crippen LogP contribution in [0, 0.1) is 11.7 Å². The first-order valence-corrected chi connectivity index (χ1v) is 6.60. The highest BCUT2D eigenvalue weighted by Crippen LogP contribution is 2.24. The molecule has 4 heteroatoms. The molecule has 3 nitrogen and oxygen atoms in total. The summed E-state index contributed by atoms with van der Waals surface area (Å²) in [5.41, 5.74) is 3.38. The summed E-state index contributed by atoms with van der Waals surface area (Å²) in [4.78, 5) is 0. The standard InChI is InChI=1S/C14H18N2OS/c1-4-11-8-10(3)6-7-12(11)16-13(17)9-15(5-2)14(16)18/h6-9,17H,4-5H2,1-3H3. The van der Waals surface area contributed by atoms with Gasteiger partial charge >= 0.3 is 0 Å². The summed E-state index contributed by atoms with van der Waals surface area (Å²) in [5, 5.41) is 10.1. The molecule has 0 radical (unpaired) electrons. The van der Waals surface area contributed by atoms with E-state index in [0.29, 0.717) is 4.77 Å². The molecule has 1 N–H and O–H groups in total. The summed E-state index contributed by atoms with van der Waals surface area (Å²) < 4.78 is 4.23. The van der Waals surface area contributed by atoms with Gasteiger partial charge in [0.15, 0.2) is 4.77 Å². The molecule has 2 rings (SSSR count). The summed E-state index contributed by atoms with van der Waals surface area (Å²) in [6.45, 7) is 6.94. The summed E-state index contributed by atoms with van der Waals surface area (Å²) in [6.07, 6.45) is 2.59. The largest absolute Gasteiger partial charge is 0.493 e. The van der Waals surface area contributed by atoms with Crippen LogP contribution in [0.3, 0.4) is 0 Å². The maximum atomic E-state index is 10.1. The lowest BCUT2D eigenvalue weighted by molar-refractivity contribution is 0.441. The van der Waals surface area contributed by atoms with E-state index in [9.17, 15) is 5.11 Å². The quantitative estimate of drug-likeness (QED) is 0.857. The number of aromatic nitrogens is 2. The molecule has 2 aromatic rings. The summed E-state index contributed by atoms with van der Waals surface area (Å²) in [7, 11) is 0. The third-order valence-electron chi connectivity index (χ3n) is 3.13. The van der Waals surface area contributed by atoms with Gasteiger partial charge in [-0.3, -0.25) is 4.57 Å². The maximum Gasteiger partial charge on any atom is 0.214 e. The SMILES string of the molecule is CCc1cc(C)ccc1-n1c(O)cn(CC)c1=S. The van der Waals surface area contributed by atoms with Crippen molar-refractivity contribution in [2.45, 2.75) is 33.7 Å². The van der Waals surface area contributed by atoms with Crippen molar-refractivity contribution in [1.82, 2.24) is 9.13 Å². The molecule has 1 heterocycles. The zero-order valence-electron chi connectivity index (χ0n) is 11.0. The van der Waals surface area contributed by atoms with Crippen molar-refractivity contribution in [3.8, 4) is 11.6 Å². The first kappa shape index (κ1) is 12.9. The molecular weight excluding hydrogens is 244 g/mol. The van der Waals surface area contributed by atoms with E-state index >= 15 is 0 Å². The van der Waals surface area contributed by atoms with Crippen LogP contribution in [0.15, 0.2) is 24.4 Å². The van der Waals surface area contributed by atoms with Crippen molar-refractivity contribution in [3.05, 3.63) is 40.3 Å². The van der Waals surface area contributed by atoms with Crippen molar-refractivity contribution >= 4 is 12.2 Å². The number of imidazole rings is 1. The molecule has 0 aliphatic heterocycles. The molecule has 0 saturated carbocycles. The Kier molecular flexibility index (Phi) is 3.57. The molecule has 0 fully saturated rings. The first-order valence-electron chi connectivity index (χ1n) is 6.19. The average molecular weight is 262 g/mol. The second-order valence-electron chi connectivity index (χ2n) is 4.38. The van der Waals surface area contributed by atoms with Crippen LogP contribution in [0.1, 0.15) is 25.0 Å². The fourth-order valence-electron chi connectivity index (χ4n) is 2.15.